The van der Waals surface area contributed by atoms with E-state index in [1.54, 1.807) is 11.3 Å². The topological polar surface area (TPSA) is 24.9 Å². The van der Waals surface area contributed by atoms with E-state index in [9.17, 15) is 0 Å². The SMILES string of the molecule is CCc1ccsc1CNC(C)c1cncs1. The van der Waals surface area contributed by atoms with E-state index in [1.807, 2.05) is 23.0 Å². The fourth-order valence-electron chi connectivity index (χ4n) is 1.62. The highest BCUT2D eigenvalue weighted by Crippen LogP contribution is 2.20. The van der Waals surface area contributed by atoms with E-state index in [1.165, 1.54) is 15.3 Å². The fourth-order valence-corrected chi connectivity index (χ4v) is 3.20. The molecule has 4 heteroatoms. The summed E-state index contributed by atoms with van der Waals surface area (Å²) in [7, 11) is 0. The summed E-state index contributed by atoms with van der Waals surface area (Å²) in [6.07, 6.45) is 3.06. The molecule has 16 heavy (non-hydrogen) atoms. The van der Waals surface area contributed by atoms with Gasteiger partial charge in [-0.25, -0.2) is 0 Å². The molecule has 0 amide bonds. The lowest BCUT2D eigenvalue weighted by Gasteiger charge is -2.11. The fraction of sp³-hybridized carbons (Fsp3) is 0.417. The number of hydrogen-bond acceptors (Lipinski definition) is 4. The van der Waals surface area contributed by atoms with Crippen molar-refractivity contribution in [1.82, 2.24) is 10.3 Å². The number of nitrogens with one attached hydrogen (secondary N) is 1. The van der Waals surface area contributed by atoms with Crippen molar-refractivity contribution in [3.05, 3.63) is 38.5 Å². The van der Waals surface area contributed by atoms with Gasteiger partial charge in [-0.1, -0.05) is 6.92 Å². The van der Waals surface area contributed by atoms with Gasteiger partial charge in [0.1, 0.15) is 0 Å². The Morgan fingerprint density at radius 2 is 2.31 bits per heavy atom. The summed E-state index contributed by atoms with van der Waals surface area (Å²) in [5.74, 6) is 0. The van der Waals surface area contributed by atoms with Crippen LogP contribution in [0.15, 0.2) is 23.2 Å². The number of aryl methyl sites for hydroxylation is 1. The zero-order chi connectivity index (χ0) is 11.4. The Balaban J connectivity index is 1.92. The molecule has 86 valence electrons. The monoisotopic (exact) mass is 252 g/mol. The van der Waals surface area contributed by atoms with Crippen molar-refractivity contribution < 1.29 is 0 Å². The van der Waals surface area contributed by atoms with Gasteiger partial charge >= 0.3 is 0 Å². The van der Waals surface area contributed by atoms with Gasteiger partial charge in [-0.15, -0.1) is 22.7 Å². The Morgan fingerprint density at radius 1 is 1.44 bits per heavy atom. The molecule has 2 nitrogen and oxygen atoms in total. The molecule has 0 fully saturated rings. The molecule has 0 aliphatic heterocycles. The molecule has 2 heterocycles. The van der Waals surface area contributed by atoms with Gasteiger partial charge < -0.3 is 5.32 Å². The maximum absolute atomic E-state index is 4.10. The second-order valence-corrected chi connectivity index (χ2v) is 5.65. The van der Waals surface area contributed by atoms with Gasteiger partial charge in [0.15, 0.2) is 0 Å². The van der Waals surface area contributed by atoms with E-state index in [0.717, 1.165) is 13.0 Å². The number of thiophene rings is 1. The highest BCUT2D eigenvalue weighted by atomic mass is 32.1. The zero-order valence-corrected chi connectivity index (χ0v) is 11.2. The van der Waals surface area contributed by atoms with Crippen LogP contribution in [0.2, 0.25) is 0 Å². The first-order valence-corrected chi connectivity index (χ1v) is 7.24. The molecule has 0 saturated carbocycles. The molecule has 0 aliphatic carbocycles. The summed E-state index contributed by atoms with van der Waals surface area (Å²) >= 11 is 3.55. The van der Waals surface area contributed by atoms with E-state index < -0.39 is 0 Å². The molecule has 2 aromatic heterocycles. The van der Waals surface area contributed by atoms with Crippen LogP contribution in [0.5, 0.6) is 0 Å². The van der Waals surface area contributed by atoms with Crippen LogP contribution in [0.3, 0.4) is 0 Å². The molecule has 2 aromatic rings. The maximum Gasteiger partial charge on any atom is 0.0794 e. The van der Waals surface area contributed by atoms with E-state index in [2.05, 4.69) is 35.6 Å². The van der Waals surface area contributed by atoms with Crippen molar-refractivity contribution in [2.45, 2.75) is 32.9 Å². The van der Waals surface area contributed by atoms with Crippen molar-refractivity contribution in [1.29, 1.82) is 0 Å². The Hall–Kier alpha value is -0.710. The first-order chi connectivity index (χ1) is 7.81. The zero-order valence-electron chi connectivity index (χ0n) is 9.56. The average Bonchev–Trinajstić information content (AvgIpc) is 2.96. The van der Waals surface area contributed by atoms with Crippen LogP contribution in [0.25, 0.3) is 0 Å². The van der Waals surface area contributed by atoms with E-state index in [0.29, 0.717) is 6.04 Å². The van der Waals surface area contributed by atoms with Gasteiger partial charge in [0, 0.05) is 28.5 Å². The lowest BCUT2D eigenvalue weighted by atomic mass is 10.2. The Kier molecular flexibility index (Phi) is 4.09. The molecular weight excluding hydrogens is 236 g/mol. The predicted molar refractivity (Wildman–Crippen MR) is 71.1 cm³/mol. The molecule has 1 unspecified atom stereocenters. The second kappa shape index (κ2) is 5.57. The van der Waals surface area contributed by atoms with Gasteiger partial charge in [0.05, 0.1) is 5.51 Å². The highest BCUT2D eigenvalue weighted by molar-refractivity contribution is 7.10. The molecule has 1 N–H and O–H groups in total. The summed E-state index contributed by atoms with van der Waals surface area (Å²) < 4.78 is 0. The molecule has 0 bridgehead atoms. The van der Waals surface area contributed by atoms with Crippen molar-refractivity contribution in [3.63, 3.8) is 0 Å². The van der Waals surface area contributed by atoms with E-state index in [4.69, 9.17) is 0 Å². The maximum atomic E-state index is 4.10. The lowest BCUT2D eigenvalue weighted by molar-refractivity contribution is 0.584. The molecule has 0 radical (unpaired) electrons. The van der Waals surface area contributed by atoms with Gasteiger partial charge in [0.25, 0.3) is 0 Å². The minimum Gasteiger partial charge on any atom is -0.304 e. The van der Waals surface area contributed by atoms with Crippen molar-refractivity contribution in [2.75, 3.05) is 0 Å². The van der Waals surface area contributed by atoms with Crippen LogP contribution in [-0.4, -0.2) is 4.98 Å². The van der Waals surface area contributed by atoms with Gasteiger partial charge in [-0.2, -0.15) is 0 Å². The third kappa shape index (κ3) is 2.70. The second-order valence-electron chi connectivity index (χ2n) is 3.73. The minimum atomic E-state index is 0.388. The first kappa shape index (κ1) is 11.8. The van der Waals surface area contributed by atoms with Crippen molar-refractivity contribution in [3.8, 4) is 0 Å². The van der Waals surface area contributed by atoms with Crippen LogP contribution in [0, 0.1) is 0 Å². The van der Waals surface area contributed by atoms with Crippen molar-refractivity contribution in [2.24, 2.45) is 0 Å². The molecule has 2 rings (SSSR count). The summed E-state index contributed by atoms with van der Waals surface area (Å²) in [6, 6.07) is 2.61. The average molecular weight is 252 g/mol. The van der Waals surface area contributed by atoms with Gasteiger partial charge in [-0.05, 0) is 30.4 Å². The third-order valence-electron chi connectivity index (χ3n) is 2.67. The Labute approximate surface area is 104 Å². The highest BCUT2D eigenvalue weighted by Gasteiger charge is 2.08. The largest absolute Gasteiger partial charge is 0.304 e. The molecule has 0 spiro atoms. The Morgan fingerprint density at radius 3 is 3.00 bits per heavy atom. The van der Waals surface area contributed by atoms with Gasteiger partial charge in [0.2, 0.25) is 0 Å². The third-order valence-corrected chi connectivity index (χ3v) is 4.59. The smallest absolute Gasteiger partial charge is 0.0794 e. The summed E-state index contributed by atoms with van der Waals surface area (Å²) in [5, 5.41) is 5.72. The van der Waals surface area contributed by atoms with Crippen LogP contribution < -0.4 is 5.32 Å². The van der Waals surface area contributed by atoms with Crippen molar-refractivity contribution >= 4 is 22.7 Å². The van der Waals surface area contributed by atoms with E-state index in [-0.39, 0.29) is 0 Å². The van der Waals surface area contributed by atoms with Crippen LogP contribution in [0.1, 0.15) is 35.2 Å². The number of rotatable bonds is 5. The summed E-state index contributed by atoms with van der Waals surface area (Å²) in [6.45, 7) is 5.35. The summed E-state index contributed by atoms with van der Waals surface area (Å²) in [4.78, 5) is 6.86. The van der Waals surface area contributed by atoms with E-state index >= 15 is 0 Å². The molecule has 0 aromatic carbocycles. The van der Waals surface area contributed by atoms with Crippen LogP contribution in [-0.2, 0) is 13.0 Å². The lowest BCUT2D eigenvalue weighted by Crippen LogP contribution is -2.17. The first-order valence-electron chi connectivity index (χ1n) is 5.48. The normalized spacial score (nSPS) is 12.9. The standard InChI is InChI=1S/C12H16N2S2/c1-3-10-4-5-15-12(10)7-14-9(2)11-6-13-8-16-11/h4-6,8-9,14H,3,7H2,1-2H3. The van der Waals surface area contributed by atoms with Crippen LogP contribution in [0.4, 0.5) is 0 Å². The molecule has 1 atom stereocenters. The quantitative estimate of drug-likeness (QED) is 0.879. The number of thiazole rings is 1. The molecule has 0 saturated heterocycles. The number of aromatic nitrogens is 1. The van der Waals surface area contributed by atoms with Gasteiger partial charge in [-0.3, -0.25) is 4.98 Å². The van der Waals surface area contributed by atoms with Crippen LogP contribution >= 0.6 is 22.7 Å². The summed E-state index contributed by atoms with van der Waals surface area (Å²) in [5.41, 5.74) is 3.35. The predicted octanol–water partition coefficient (Wildman–Crippen LogP) is 3.62. The minimum absolute atomic E-state index is 0.388. The Bertz CT molecular complexity index is 420. The molecule has 0 aliphatic rings. The molecular formula is C12H16N2S2. The number of nitrogens with zero attached hydrogens (tertiary/aromatic N) is 1. The number of hydrogen-bond donors (Lipinski definition) is 1.